The first-order chi connectivity index (χ1) is 23.9. The van der Waals surface area contributed by atoms with Crippen LogP contribution < -0.4 is 4.74 Å². The molecule has 0 aliphatic carbocycles. The molecular weight excluding hydrogens is 763 g/mol. The minimum atomic E-state index is -8.64. The van der Waals surface area contributed by atoms with Crippen molar-refractivity contribution in [3.63, 3.8) is 0 Å². The number of rotatable bonds is 22. The highest BCUT2D eigenvalue weighted by Crippen LogP contribution is 2.64. The van der Waals surface area contributed by atoms with E-state index < -0.39 is 67.1 Å². The third-order valence-corrected chi connectivity index (χ3v) is 8.19. The van der Waals surface area contributed by atoms with E-state index in [-0.39, 0.29) is 24.4 Å². The fourth-order valence-electron chi connectivity index (χ4n) is 4.26. The first-order valence-corrected chi connectivity index (χ1v) is 15.9. The quantitative estimate of drug-likeness (QED) is 0.0660. The van der Waals surface area contributed by atoms with E-state index in [1.807, 2.05) is 32.1 Å². The Bertz CT molecular complexity index is 1350. The molecule has 0 aliphatic rings. The van der Waals surface area contributed by atoms with Gasteiger partial charge in [-0.3, -0.25) is 0 Å². The lowest BCUT2D eigenvalue weighted by molar-refractivity contribution is -0.461. The summed E-state index contributed by atoms with van der Waals surface area (Å²) in [4.78, 5) is 0. The third-order valence-electron chi connectivity index (χ3n) is 8.19. The van der Waals surface area contributed by atoms with Gasteiger partial charge in [0.05, 0.1) is 19.3 Å². The molecule has 4 atom stereocenters. The van der Waals surface area contributed by atoms with Crippen LogP contribution in [0.15, 0.2) is 61.2 Å². The molecule has 0 fully saturated rings. The van der Waals surface area contributed by atoms with Crippen LogP contribution >= 0.6 is 0 Å². The molecule has 0 radical (unpaired) electrons. The zero-order valence-electron chi connectivity index (χ0n) is 28.7. The third kappa shape index (κ3) is 10.6. The van der Waals surface area contributed by atoms with Gasteiger partial charge in [0.15, 0.2) is 0 Å². The summed E-state index contributed by atoms with van der Waals surface area (Å²) in [5.41, 5.74) is 0.581. The topological polar surface area (TPSA) is 18.5 Å². The van der Waals surface area contributed by atoms with Gasteiger partial charge in [0.1, 0.15) is 5.75 Å². The molecule has 306 valence electrons. The molecule has 1 rings (SSSR count). The first kappa shape index (κ1) is 48.0. The molecule has 0 amide bonds. The molecule has 0 N–H and O–H groups in total. The highest BCUT2D eigenvalue weighted by atomic mass is 19.4. The van der Waals surface area contributed by atoms with Crippen molar-refractivity contribution in [1.82, 2.24) is 0 Å². The maximum atomic E-state index is 14.1. The van der Waals surface area contributed by atoms with Crippen LogP contribution in [0, 0.1) is 17.8 Å². The van der Waals surface area contributed by atoms with Crippen molar-refractivity contribution in [2.45, 2.75) is 114 Å². The van der Waals surface area contributed by atoms with Crippen molar-refractivity contribution < 1.29 is 84.1 Å². The molecule has 53 heavy (non-hydrogen) atoms. The highest BCUT2D eigenvalue weighted by molar-refractivity contribution is 5.27. The van der Waals surface area contributed by atoms with E-state index in [2.05, 4.69) is 32.6 Å². The van der Waals surface area contributed by atoms with Gasteiger partial charge in [0, 0.05) is 6.42 Å². The molecule has 0 bridgehead atoms. The van der Waals surface area contributed by atoms with Crippen LogP contribution in [0.25, 0.3) is 0 Å². The molecule has 0 heterocycles. The van der Waals surface area contributed by atoms with Crippen LogP contribution in [0.5, 0.6) is 5.75 Å². The van der Waals surface area contributed by atoms with Gasteiger partial charge in [0.25, 0.3) is 0 Å². The lowest BCUT2D eigenvalue weighted by atomic mass is 9.88. The average molecular weight is 803 g/mol. The highest BCUT2D eigenvalue weighted by Gasteiger charge is 2.95. The lowest BCUT2D eigenvalue weighted by Gasteiger charge is -2.42. The summed E-state index contributed by atoms with van der Waals surface area (Å²) in [5.74, 6) is -55.8. The van der Waals surface area contributed by atoms with Crippen LogP contribution in [0.4, 0.5) is 74.6 Å². The van der Waals surface area contributed by atoms with Gasteiger partial charge in [-0.1, -0.05) is 63.3 Å². The van der Waals surface area contributed by atoms with Gasteiger partial charge in [-0.05, 0) is 61.6 Å². The summed E-state index contributed by atoms with van der Waals surface area (Å²) in [6.07, 6.45) is -0.143. The van der Waals surface area contributed by atoms with Crippen LogP contribution in [0.3, 0.4) is 0 Å². The number of ether oxygens (including phenoxy) is 2. The van der Waals surface area contributed by atoms with Crippen molar-refractivity contribution in [2.24, 2.45) is 17.8 Å². The Morgan fingerprint density at radius 1 is 0.604 bits per heavy atom. The normalized spacial score (nSPS) is 16.9. The maximum absolute atomic E-state index is 14.1. The van der Waals surface area contributed by atoms with Crippen molar-refractivity contribution in [3.8, 4) is 5.75 Å². The predicted octanol–water partition coefficient (Wildman–Crippen LogP) is 12.7. The van der Waals surface area contributed by atoms with E-state index in [0.29, 0.717) is 17.4 Å². The number of allylic oxidation sites excluding steroid dienone is 4. The van der Waals surface area contributed by atoms with Crippen molar-refractivity contribution in [3.05, 3.63) is 66.8 Å². The van der Waals surface area contributed by atoms with Gasteiger partial charge in [0.2, 0.25) is 0 Å². The predicted molar refractivity (Wildman–Crippen MR) is 161 cm³/mol. The molecule has 19 heteroatoms. The Hall–Kier alpha value is -2.99. The second kappa shape index (κ2) is 17.6. The first-order valence-electron chi connectivity index (χ1n) is 15.9. The minimum Gasteiger partial charge on any atom is -0.494 e. The van der Waals surface area contributed by atoms with Gasteiger partial charge in [-0.15, -0.1) is 6.58 Å². The number of halogens is 17. The van der Waals surface area contributed by atoms with Crippen LogP contribution in [-0.4, -0.2) is 60.3 Å². The molecular formula is C34H39F17O2. The number of benzene rings is 1. The Balaban J connectivity index is 2.79. The summed E-state index contributed by atoms with van der Waals surface area (Å²) in [5, 5.41) is 0. The van der Waals surface area contributed by atoms with Crippen LogP contribution in [-0.2, 0) is 11.3 Å². The van der Waals surface area contributed by atoms with E-state index in [9.17, 15) is 74.6 Å². The number of hydrogen-bond acceptors (Lipinski definition) is 2. The Labute approximate surface area is 295 Å². The van der Waals surface area contributed by atoms with E-state index in [1.54, 1.807) is 0 Å². The minimum absolute atomic E-state index is 0.0165. The fraction of sp³-hybridized carbons (Fsp3) is 0.647. The summed E-state index contributed by atoms with van der Waals surface area (Å²) in [6, 6.07) is 5.37. The second-order valence-corrected chi connectivity index (χ2v) is 12.6. The molecule has 1 aromatic rings. The fourth-order valence-corrected chi connectivity index (χ4v) is 4.26. The van der Waals surface area contributed by atoms with E-state index in [1.165, 1.54) is 24.3 Å². The Morgan fingerprint density at radius 3 is 1.55 bits per heavy atom. The molecule has 0 saturated heterocycles. The molecule has 1 aromatic carbocycles. The van der Waals surface area contributed by atoms with Gasteiger partial charge < -0.3 is 9.47 Å². The van der Waals surface area contributed by atoms with Gasteiger partial charge in [-0.25, -0.2) is 0 Å². The number of hydrogen-bond donors (Lipinski definition) is 0. The summed E-state index contributed by atoms with van der Waals surface area (Å²) in [6.45, 7) is 10.7. The molecule has 2 nitrogen and oxygen atoms in total. The molecule has 0 aliphatic heterocycles. The van der Waals surface area contributed by atoms with Crippen molar-refractivity contribution >= 4 is 0 Å². The smallest absolute Gasteiger partial charge is 0.460 e. The van der Waals surface area contributed by atoms with Crippen LogP contribution in [0.2, 0.25) is 0 Å². The van der Waals surface area contributed by atoms with Gasteiger partial charge >= 0.3 is 47.6 Å². The van der Waals surface area contributed by atoms with Gasteiger partial charge in [-0.2, -0.15) is 74.6 Å². The summed E-state index contributed by atoms with van der Waals surface area (Å²) in [7, 11) is 0. The van der Waals surface area contributed by atoms with E-state index in [4.69, 9.17) is 9.47 Å². The van der Waals surface area contributed by atoms with Crippen molar-refractivity contribution in [2.75, 3.05) is 6.61 Å². The van der Waals surface area contributed by atoms with E-state index in [0.717, 1.165) is 12.8 Å². The number of alkyl halides is 17. The summed E-state index contributed by atoms with van der Waals surface area (Å²) < 4.78 is 239. The largest absolute Gasteiger partial charge is 0.494 e. The SMILES string of the molecule is C=C[C@@H](C)C/C=C/[C@@H](C)C/C=C/[C@@H](C)[C@@H](C)OCc1ccc(OCCCC(F)(F)C(F)(F)C(F)(F)C(F)(F)C(F)(F)C(F)(F)C(F)(F)C(F)(F)F)cc1. The molecule has 0 unspecified atom stereocenters. The maximum Gasteiger partial charge on any atom is 0.460 e. The summed E-state index contributed by atoms with van der Waals surface area (Å²) >= 11 is 0. The Morgan fingerprint density at radius 2 is 1.06 bits per heavy atom. The molecule has 0 saturated carbocycles. The average Bonchev–Trinajstić information content (AvgIpc) is 3.04. The Kier molecular flexibility index (Phi) is 16.0. The standard InChI is InChI=1S/C34H39F17O2/c1-6-21(2)10-7-11-22(3)12-8-13-23(4)24(5)53-20-25-14-16-26(17-15-25)52-19-9-18-27(35,36)28(37,38)29(39,40)30(41,42)31(43,44)32(45,46)33(47,48)34(49,50)51/h6-8,11,13-17,21-24H,1,9-10,12,18-20H2,2-5H3/b11-7+,13-8+/t21-,22-,23-,24-/m1/s1. The van der Waals surface area contributed by atoms with Crippen LogP contribution in [0.1, 0.15) is 58.9 Å². The zero-order chi connectivity index (χ0) is 41.5. The molecule has 0 aromatic heterocycles. The van der Waals surface area contributed by atoms with Crippen molar-refractivity contribution in [1.29, 1.82) is 0 Å². The lowest BCUT2D eigenvalue weighted by Crippen LogP contribution is -2.74. The zero-order valence-corrected chi connectivity index (χ0v) is 28.7. The second-order valence-electron chi connectivity index (χ2n) is 12.6. The van der Waals surface area contributed by atoms with E-state index >= 15 is 0 Å². The molecule has 0 spiro atoms. The monoisotopic (exact) mass is 802 g/mol.